The smallest absolute Gasteiger partial charge is 0.351 e. The average Bonchev–Trinajstić information content (AvgIpc) is 2.84. The monoisotopic (exact) mass is 466 g/mol. The van der Waals surface area contributed by atoms with Gasteiger partial charge >= 0.3 is 11.6 Å². The topological polar surface area (TPSA) is 112 Å². The fraction of sp³-hybridized carbons (Fsp3) is 0.269. The minimum Gasteiger partial charge on any atom is -0.493 e. The van der Waals surface area contributed by atoms with Gasteiger partial charge in [-0.1, -0.05) is 19.9 Å². The van der Waals surface area contributed by atoms with Gasteiger partial charge in [0.15, 0.2) is 17.3 Å². The number of allylic oxidation sites excluding steroid dienone is 1. The fourth-order valence-corrected chi connectivity index (χ4v) is 3.61. The highest BCUT2D eigenvalue weighted by molar-refractivity contribution is 6.07. The number of carbonyl (C=O) groups is 2. The third-order valence-electron chi connectivity index (χ3n) is 5.63. The van der Waals surface area contributed by atoms with Gasteiger partial charge in [-0.05, 0) is 59.9 Å². The van der Waals surface area contributed by atoms with Gasteiger partial charge in [0.25, 0.3) is 0 Å². The molecule has 0 radical (unpaired) electrons. The number of fused-ring (bicyclic) bond motifs is 1. The molecule has 1 atom stereocenters. The van der Waals surface area contributed by atoms with E-state index in [1.807, 2.05) is 19.9 Å². The van der Waals surface area contributed by atoms with Crippen molar-refractivity contribution in [3.05, 3.63) is 69.1 Å². The summed E-state index contributed by atoms with van der Waals surface area (Å²) in [6.45, 7) is 3.98. The van der Waals surface area contributed by atoms with Crippen molar-refractivity contribution in [3.8, 4) is 17.2 Å². The van der Waals surface area contributed by atoms with Crippen molar-refractivity contribution in [2.45, 2.75) is 26.2 Å². The van der Waals surface area contributed by atoms with Gasteiger partial charge in [-0.2, -0.15) is 0 Å². The first-order chi connectivity index (χ1) is 16.2. The number of hydrogen-bond acceptors (Lipinski definition) is 7. The molecule has 1 heterocycles. The van der Waals surface area contributed by atoms with E-state index in [4.69, 9.17) is 18.6 Å². The summed E-state index contributed by atoms with van der Waals surface area (Å²) in [4.78, 5) is 36.4. The Morgan fingerprint density at radius 1 is 1.03 bits per heavy atom. The Balaban J connectivity index is 2.08. The van der Waals surface area contributed by atoms with Crippen molar-refractivity contribution < 1.29 is 33.3 Å². The van der Waals surface area contributed by atoms with E-state index in [1.165, 1.54) is 33.5 Å². The van der Waals surface area contributed by atoms with Crippen LogP contribution in [0, 0.1) is 0 Å². The molecule has 1 unspecified atom stereocenters. The van der Waals surface area contributed by atoms with Crippen molar-refractivity contribution in [1.29, 1.82) is 0 Å². The Bertz CT molecular complexity index is 1310. The summed E-state index contributed by atoms with van der Waals surface area (Å²) in [5.41, 5.74) is 0.760. The molecule has 3 aromatic rings. The molecule has 8 heteroatoms. The van der Waals surface area contributed by atoms with E-state index in [2.05, 4.69) is 0 Å². The highest BCUT2D eigenvalue weighted by atomic mass is 16.5. The predicted octanol–water partition coefficient (Wildman–Crippen LogP) is 4.93. The Morgan fingerprint density at radius 2 is 1.68 bits per heavy atom. The van der Waals surface area contributed by atoms with Crippen LogP contribution in [-0.2, 0) is 0 Å². The van der Waals surface area contributed by atoms with Crippen LogP contribution in [0.3, 0.4) is 0 Å². The van der Waals surface area contributed by atoms with Crippen LogP contribution in [0.25, 0.3) is 17.0 Å². The largest absolute Gasteiger partial charge is 0.493 e. The van der Waals surface area contributed by atoms with Gasteiger partial charge in [0.1, 0.15) is 11.1 Å². The van der Waals surface area contributed by atoms with Gasteiger partial charge in [0.2, 0.25) is 5.75 Å². The number of carbonyl (C=O) groups excluding carboxylic acids is 1. The molecule has 0 saturated heterocycles. The molecule has 0 bridgehead atoms. The maximum absolute atomic E-state index is 12.9. The zero-order valence-electron chi connectivity index (χ0n) is 19.6. The van der Waals surface area contributed by atoms with Crippen LogP contribution in [0.15, 0.2) is 45.6 Å². The first-order valence-corrected chi connectivity index (χ1v) is 10.6. The van der Waals surface area contributed by atoms with Crippen molar-refractivity contribution in [2.24, 2.45) is 0 Å². The zero-order valence-corrected chi connectivity index (χ0v) is 19.6. The molecule has 0 aliphatic rings. The molecule has 0 aliphatic carbocycles. The molecule has 0 spiro atoms. The Kier molecular flexibility index (Phi) is 7.40. The number of ether oxygens (including phenoxy) is 3. The van der Waals surface area contributed by atoms with E-state index in [-0.39, 0.29) is 11.7 Å². The van der Waals surface area contributed by atoms with Crippen LogP contribution in [0.1, 0.15) is 58.0 Å². The van der Waals surface area contributed by atoms with Crippen LogP contribution >= 0.6 is 0 Å². The number of aromatic carboxylic acids is 1. The fourth-order valence-electron chi connectivity index (χ4n) is 3.61. The summed E-state index contributed by atoms with van der Waals surface area (Å²) >= 11 is 0. The molecule has 178 valence electrons. The molecular formula is C26H26O8. The molecule has 8 nitrogen and oxygen atoms in total. The van der Waals surface area contributed by atoms with Crippen LogP contribution in [-0.4, -0.2) is 38.2 Å². The molecule has 1 aromatic heterocycles. The Morgan fingerprint density at radius 3 is 2.21 bits per heavy atom. The first kappa shape index (κ1) is 24.6. The predicted molar refractivity (Wildman–Crippen MR) is 128 cm³/mol. The number of carboxylic acid groups (broad SMARTS) is 1. The lowest BCUT2D eigenvalue weighted by atomic mass is 9.93. The minimum atomic E-state index is -1.36. The second-order valence-electron chi connectivity index (χ2n) is 7.70. The normalized spacial score (nSPS) is 12.0. The van der Waals surface area contributed by atoms with Gasteiger partial charge in [-0.25, -0.2) is 9.59 Å². The summed E-state index contributed by atoms with van der Waals surface area (Å²) in [5, 5.41) is 9.76. The number of hydrogen-bond donors (Lipinski definition) is 1. The van der Waals surface area contributed by atoms with Crippen LogP contribution in [0.4, 0.5) is 0 Å². The summed E-state index contributed by atoms with van der Waals surface area (Å²) in [7, 11) is 4.42. The summed E-state index contributed by atoms with van der Waals surface area (Å²) in [6, 6.07) is 7.93. The van der Waals surface area contributed by atoms with E-state index in [9.17, 15) is 19.5 Å². The average molecular weight is 466 g/mol. The summed E-state index contributed by atoms with van der Waals surface area (Å²) < 4.78 is 21.3. The standard InChI is InChI=1S/C26H26O8/c1-6-14(2)18-10-15(9-17-11-19(25(28)29)26(30)34-23(17)18)7-8-20(27)16-12-21(31-3)24(33-5)22(13-16)32-4/h7-14H,6H2,1-5H3,(H,28,29). The maximum atomic E-state index is 12.9. The maximum Gasteiger partial charge on any atom is 0.351 e. The number of ketones is 1. The number of benzene rings is 2. The third-order valence-corrected chi connectivity index (χ3v) is 5.63. The summed E-state index contributed by atoms with van der Waals surface area (Å²) in [6.07, 6.45) is 3.80. The van der Waals surface area contributed by atoms with Gasteiger partial charge in [-0.15, -0.1) is 0 Å². The van der Waals surface area contributed by atoms with E-state index in [1.54, 1.807) is 24.3 Å². The number of rotatable bonds is 9. The molecule has 2 aromatic carbocycles. The molecular weight excluding hydrogens is 440 g/mol. The Labute approximate surface area is 196 Å². The van der Waals surface area contributed by atoms with Gasteiger partial charge in [0.05, 0.1) is 21.3 Å². The molecule has 0 amide bonds. The second kappa shape index (κ2) is 10.2. The van der Waals surface area contributed by atoms with Gasteiger partial charge < -0.3 is 23.7 Å². The Hall–Kier alpha value is -4.07. The molecule has 34 heavy (non-hydrogen) atoms. The molecule has 0 saturated carbocycles. The molecule has 1 N–H and O–H groups in total. The van der Waals surface area contributed by atoms with Gasteiger partial charge in [-0.3, -0.25) is 4.79 Å². The number of carboxylic acids is 1. The summed E-state index contributed by atoms with van der Waals surface area (Å²) in [5.74, 6) is -0.511. The van der Waals surface area contributed by atoms with Gasteiger partial charge in [0, 0.05) is 10.9 Å². The van der Waals surface area contributed by atoms with Crippen molar-refractivity contribution >= 4 is 28.8 Å². The molecule has 0 fully saturated rings. The zero-order chi connectivity index (χ0) is 25.0. The second-order valence-corrected chi connectivity index (χ2v) is 7.70. The van der Waals surface area contributed by atoms with E-state index in [0.29, 0.717) is 39.3 Å². The lowest BCUT2D eigenvalue weighted by Gasteiger charge is -2.13. The van der Waals surface area contributed by atoms with Crippen LogP contribution < -0.4 is 19.8 Å². The van der Waals surface area contributed by atoms with Crippen molar-refractivity contribution in [1.82, 2.24) is 0 Å². The SMILES string of the molecule is CCC(C)c1cc(C=CC(=O)c2cc(OC)c(OC)c(OC)c2)cc2cc(C(=O)O)c(=O)oc12. The van der Waals surface area contributed by atoms with Crippen molar-refractivity contribution in [3.63, 3.8) is 0 Å². The van der Waals surface area contributed by atoms with E-state index < -0.39 is 17.2 Å². The highest BCUT2D eigenvalue weighted by Gasteiger charge is 2.18. The van der Waals surface area contributed by atoms with E-state index in [0.717, 1.165) is 12.0 Å². The van der Waals surface area contributed by atoms with Crippen molar-refractivity contribution in [2.75, 3.05) is 21.3 Å². The quantitative estimate of drug-likeness (QED) is 0.268. The number of methoxy groups -OCH3 is 3. The molecule has 3 rings (SSSR count). The van der Waals surface area contributed by atoms with Crippen LogP contribution in [0.2, 0.25) is 0 Å². The molecule has 0 aliphatic heterocycles. The highest BCUT2D eigenvalue weighted by Crippen LogP contribution is 2.38. The lowest BCUT2D eigenvalue weighted by molar-refractivity contribution is 0.0692. The van der Waals surface area contributed by atoms with Crippen LogP contribution in [0.5, 0.6) is 17.2 Å². The first-order valence-electron chi connectivity index (χ1n) is 10.6. The lowest BCUT2D eigenvalue weighted by Crippen LogP contribution is -2.13. The van der Waals surface area contributed by atoms with E-state index >= 15 is 0 Å². The minimum absolute atomic E-state index is 0.0421. The third kappa shape index (κ3) is 4.80.